The Morgan fingerprint density at radius 2 is 2.08 bits per heavy atom. The van der Waals surface area contributed by atoms with Gasteiger partial charge in [-0.1, -0.05) is 13.8 Å². The van der Waals surface area contributed by atoms with Crippen LogP contribution >= 0.6 is 0 Å². The van der Waals surface area contributed by atoms with E-state index in [1.165, 1.54) is 0 Å². The molecule has 1 saturated carbocycles. The predicted octanol–water partition coefficient (Wildman–Crippen LogP) is -0.424. The molecular formula is C9H19N3O. The zero-order chi connectivity index (χ0) is 10.0. The molecule has 0 aliphatic heterocycles. The summed E-state index contributed by atoms with van der Waals surface area (Å²) >= 11 is 0. The second-order valence-electron chi connectivity index (χ2n) is 4.16. The van der Waals surface area contributed by atoms with Gasteiger partial charge in [-0.2, -0.15) is 0 Å². The van der Waals surface area contributed by atoms with Crippen molar-refractivity contribution in [3.8, 4) is 0 Å². The van der Waals surface area contributed by atoms with Crippen LogP contribution in [0.4, 0.5) is 0 Å². The van der Waals surface area contributed by atoms with E-state index in [0.717, 1.165) is 12.8 Å². The lowest BCUT2D eigenvalue weighted by molar-refractivity contribution is -0.121. The number of hydrogen-bond acceptors (Lipinski definition) is 3. The Bertz CT molecular complexity index is 193. The van der Waals surface area contributed by atoms with E-state index in [0.29, 0.717) is 12.1 Å². The van der Waals surface area contributed by atoms with Crippen LogP contribution in [0.15, 0.2) is 0 Å². The van der Waals surface area contributed by atoms with Gasteiger partial charge >= 0.3 is 0 Å². The van der Waals surface area contributed by atoms with Crippen LogP contribution in [-0.2, 0) is 4.79 Å². The van der Waals surface area contributed by atoms with Gasteiger partial charge in [0.2, 0.25) is 5.91 Å². The fourth-order valence-electron chi connectivity index (χ4n) is 2.00. The maximum Gasteiger partial charge on any atom is 0.222 e. The van der Waals surface area contributed by atoms with Crippen molar-refractivity contribution in [2.24, 2.45) is 17.4 Å². The van der Waals surface area contributed by atoms with Crippen molar-refractivity contribution in [3.63, 3.8) is 0 Å². The van der Waals surface area contributed by atoms with E-state index in [-0.39, 0.29) is 17.9 Å². The summed E-state index contributed by atoms with van der Waals surface area (Å²) in [6, 6.07) is 0.727. The summed E-state index contributed by atoms with van der Waals surface area (Å²) in [6.07, 6.45) is 1.64. The molecule has 0 radical (unpaired) electrons. The van der Waals surface area contributed by atoms with Crippen molar-refractivity contribution in [2.45, 2.75) is 44.8 Å². The molecule has 1 amide bonds. The highest BCUT2D eigenvalue weighted by Crippen LogP contribution is 2.24. The first kappa shape index (κ1) is 10.5. The number of hydrogen-bond donors (Lipinski definition) is 3. The van der Waals surface area contributed by atoms with E-state index in [1.54, 1.807) is 0 Å². The molecule has 0 spiro atoms. The van der Waals surface area contributed by atoms with Crippen LogP contribution in [-0.4, -0.2) is 24.0 Å². The molecule has 0 heterocycles. The molecule has 0 saturated heterocycles. The number of amides is 1. The van der Waals surface area contributed by atoms with Crippen molar-refractivity contribution >= 4 is 5.91 Å². The fraction of sp³-hybridized carbons (Fsp3) is 0.889. The Kier molecular flexibility index (Phi) is 3.27. The van der Waals surface area contributed by atoms with E-state index in [1.807, 2.05) is 0 Å². The number of carbonyl (C=O) groups is 1. The molecule has 4 heteroatoms. The Morgan fingerprint density at radius 1 is 1.46 bits per heavy atom. The molecule has 1 aliphatic carbocycles. The van der Waals surface area contributed by atoms with Crippen LogP contribution in [0.25, 0.3) is 0 Å². The molecule has 76 valence electrons. The van der Waals surface area contributed by atoms with Gasteiger partial charge in [0, 0.05) is 18.1 Å². The third-order valence-electron chi connectivity index (χ3n) is 2.55. The quantitative estimate of drug-likeness (QED) is 0.558. The highest BCUT2D eigenvalue weighted by atomic mass is 16.1. The molecule has 1 fully saturated rings. The van der Waals surface area contributed by atoms with E-state index in [9.17, 15) is 4.79 Å². The van der Waals surface area contributed by atoms with E-state index in [2.05, 4.69) is 19.2 Å². The van der Waals surface area contributed by atoms with Crippen LogP contribution in [0, 0.1) is 5.92 Å². The lowest BCUT2D eigenvalue weighted by atomic mass is 10.0. The summed E-state index contributed by atoms with van der Waals surface area (Å²) in [5.41, 5.74) is 11.0. The summed E-state index contributed by atoms with van der Waals surface area (Å²) in [5.74, 6) is -0.406. The molecule has 3 atom stereocenters. The molecule has 13 heavy (non-hydrogen) atoms. The highest BCUT2D eigenvalue weighted by molar-refractivity contribution is 5.77. The summed E-state index contributed by atoms with van der Waals surface area (Å²) in [7, 11) is 0. The Balaban J connectivity index is 2.45. The van der Waals surface area contributed by atoms with E-state index in [4.69, 9.17) is 11.5 Å². The van der Waals surface area contributed by atoms with Crippen LogP contribution in [0.1, 0.15) is 26.7 Å². The molecule has 3 unspecified atom stereocenters. The molecule has 0 aromatic heterocycles. The van der Waals surface area contributed by atoms with Crippen molar-refractivity contribution < 1.29 is 4.79 Å². The largest absolute Gasteiger partial charge is 0.369 e. The smallest absolute Gasteiger partial charge is 0.222 e. The van der Waals surface area contributed by atoms with Crippen LogP contribution < -0.4 is 16.8 Å². The zero-order valence-corrected chi connectivity index (χ0v) is 8.29. The summed E-state index contributed by atoms with van der Waals surface area (Å²) in [4.78, 5) is 11.0. The molecular weight excluding hydrogens is 166 g/mol. The van der Waals surface area contributed by atoms with Gasteiger partial charge in [0.25, 0.3) is 0 Å². The Morgan fingerprint density at radius 3 is 2.46 bits per heavy atom. The average Bonchev–Trinajstić information content (AvgIpc) is 2.29. The Labute approximate surface area is 79.0 Å². The van der Waals surface area contributed by atoms with Gasteiger partial charge in [0.05, 0.1) is 5.92 Å². The number of carbonyl (C=O) groups excluding carboxylic acids is 1. The van der Waals surface area contributed by atoms with Gasteiger partial charge in [-0.3, -0.25) is 4.79 Å². The third-order valence-corrected chi connectivity index (χ3v) is 2.55. The van der Waals surface area contributed by atoms with Gasteiger partial charge in [-0.25, -0.2) is 0 Å². The van der Waals surface area contributed by atoms with E-state index >= 15 is 0 Å². The van der Waals surface area contributed by atoms with Crippen molar-refractivity contribution in [3.05, 3.63) is 0 Å². The fourth-order valence-corrected chi connectivity index (χ4v) is 2.00. The summed E-state index contributed by atoms with van der Waals surface area (Å²) < 4.78 is 0. The number of rotatable bonds is 3. The standard InChI is InChI=1S/C9H19N3O/c1-5(2)12-6-3-7(9(11)13)8(10)4-6/h5-8,12H,3-4,10H2,1-2H3,(H2,11,13). The monoisotopic (exact) mass is 185 g/mol. The first-order valence-corrected chi connectivity index (χ1v) is 4.81. The SMILES string of the molecule is CC(C)NC1CC(N)C(C(N)=O)C1. The zero-order valence-electron chi connectivity index (χ0n) is 8.29. The number of nitrogens with two attached hydrogens (primary N) is 2. The third kappa shape index (κ3) is 2.67. The minimum Gasteiger partial charge on any atom is -0.369 e. The Hall–Kier alpha value is -0.610. The van der Waals surface area contributed by atoms with Gasteiger partial charge in [-0.05, 0) is 12.8 Å². The van der Waals surface area contributed by atoms with Crippen LogP contribution in [0.5, 0.6) is 0 Å². The molecule has 0 bridgehead atoms. The molecule has 5 N–H and O–H groups in total. The predicted molar refractivity (Wildman–Crippen MR) is 52.0 cm³/mol. The maximum absolute atomic E-state index is 11.0. The summed E-state index contributed by atoms with van der Waals surface area (Å²) in [5, 5.41) is 3.37. The molecule has 1 rings (SSSR count). The van der Waals surface area contributed by atoms with Crippen LogP contribution in [0.3, 0.4) is 0 Å². The van der Waals surface area contributed by atoms with E-state index < -0.39 is 0 Å². The van der Waals surface area contributed by atoms with Gasteiger partial charge in [0.1, 0.15) is 0 Å². The lowest BCUT2D eigenvalue weighted by Crippen LogP contribution is -2.34. The lowest BCUT2D eigenvalue weighted by Gasteiger charge is -2.15. The molecule has 4 nitrogen and oxygen atoms in total. The van der Waals surface area contributed by atoms with Crippen LogP contribution in [0.2, 0.25) is 0 Å². The summed E-state index contributed by atoms with van der Waals surface area (Å²) in [6.45, 7) is 4.17. The number of primary amides is 1. The van der Waals surface area contributed by atoms with Gasteiger partial charge in [0.15, 0.2) is 0 Å². The average molecular weight is 185 g/mol. The van der Waals surface area contributed by atoms with Crippen molar-refractivity contribution in [1.29, 1.82) is 0 Å². The molecule has 1 aliphatic rings. The minimum absolute atomic E-state index is 0.0613. The van der Waals surface area contributed by atoms with Gasteiger partial charge in [-0.15, -0.1) is 0 Å². The topological polar surface area (TPSA) is 81.1 Å². The van der Waals surface area contributed by atoms with Crippen molar-refractivity contribution in [1.82, 2.24) is 5.32 Å². The van der Waals surface area contributed by atoms with Gasteiger partial charge < -0.3 is 16.8 Å². The number of nitrogens with one attached hydrogen (secondary N) is 1. The first-order valence-electron chi connectivity index (χ1n) is 4.81. The minimum atomic E-state index is -0.263. The maximum atomic E-state index is 11.0. The molecule has 0 aromatic rings. The second-order valence-corrected chi connectivity index (χ2v) is 4.16. The second kappa shape index (κ2) is 4.07. The normalized spacial score (nSPS) is 34.0. The highest BCUT2D eigenvalue weighted by Gasteiger charge is 2.35. The van der Waals surface area contributed by atoms with Crippen molar-refractivity contribution in [2.75, 3.05) is 0 Å². The first-order chi connectivity index (χ1) is 6.00. The molecule has 0 aromatic carbocycles.